The molecule has 0 fully saturated rings. The summed E-state index contributed by atoms with van der Waals surface area (Å²) in [6.07, 6.45) is 0.707. The van der Waals surface area contributed by atoms with Crippen molar-refractivity contribution in [2.75, 3.05) is 26.3 Å². The number of para-hydroxylation sites is 2. The zero-order valence-corrected chi connectivity index (χ0v) is 16.0. The lowest BCUT2D eigenvalue weighted by molar-refractivity contribution is 0.276. The first-order valence-corrected chi connectivity index (χ1v) is 10.1. The standard InChI is InChI=1S/C19H26N2O4S/c1-3-24-17-6-4-5-7-18(17)25-13-12-21-11-10-16-9-8-15(2)19(14-16)26(20,22)23/h4-9,14,21H,3,10-13H2,1-2H3,(H2,20,22,23). The molecule has 0 unspecified atom stereocenters. The minimum absolute atomic E-state index is 0.186. The quantitative estimate of drug-likeness (QED) is 0.619. The van der Waals surface area contributed by atoms with E-state index in [2.05, 4.69) is 5.32 Å². The van der Waals surface area contributed by atoms with Crippen LogP contribution in [0.3, 0.4) is 0 Å². The van der Waals surface area contributed by atoms with E-state index in [1.165, 1.54) is 0 Å². The second-order valence-electron chi connectivity index (χ2n) is 5.87. The zero-order chi connectivity index (χ0) is 19.0. The maximum absolute atomic E-state index is 11.6. The van der Waals surface area contributed by atoms with Gasteiger partial charge in [0.05, 0.1) is 11.5 Å². The molecule has 2 aromatic carbocycles. The molecule has 0 atom stereocenters. The highest BCUT2D eigenvalue weighted by Crippen LogP contribution is 2.26. The lowest BCUT2D eigenvalue weighted by Crippen LogP contribution is -2.23. The van der Waals surface area contributed by atoms with Gasteiger partial charge in [-0.3, -0.25) is 0 Å². The van der Waals surface area contributed by atoms with E-state index in [4.69, 9.17) is 14.6 Å². The van der Waals surface area contributed by atoms with E-state index in [1.54, 1.807) is 19.1 Å². The molecule has 0 aromatic heterocycles. The van der Waals surface area contributed by atoms with Crippen molar-refractivity contribution in [1.29, 1.82) is 0 Å². The van der Waals surface area contributed by atoms with E-state index in [1.807, 2.05) is 37.3 Å². The Morgan fingerprint density at radius 3 is 2.38 bits per heavy atom. The van der Waals surface area contributed by atoms with Gasteiger partial charge in [-0.2, -0.15) is 0 Å². The lowest BCUT2D eigenvalue weighted by Gasteiger charge is -2.12. The minimum Gasteiger partial charge on any atom is -0.490 e. The van der Waals surface area contributed by atoms with Gasteiger partial charge in [0.15, 0.2) is 11.5 Å². The van der Waals surface area contributed by atoms with E-state index in [0.717, 1.165) is 17.1 Å². The zero-order valence-electron chi connectivity index (χ0n) is 15.2. The summed E-state index contributed by atoms with van der Waals surface area (Å²) in [7, 11) is -3.69. The second-order valence-corrected chi connectivity index (χ2v) is 7.40. The van der Waals surface area contributed by atoms with Crippen LogP contribution < -0.4 is 19.9 Å². The summed E-state index contributed by atoms with van der Waals surface area (Å²) in [5, 5.41) is 8.52. The van der Waals surface area contributed by atoms with Gasteiger partial charge in [0, 0.05) is 6.54 Å². The van der Waals surface area contributed by atoms with Crippen molar-refractivity contribution in [3.05, 3.63) is 53.6 Å². The first-order valence-electron chi connectivity index (χ1n) is 8.59. The fourth-order valence-corrected chi connectivity index (χ4v) is 3.37. The highest BCUT2D eigenvalue weighted by Gasteiger charge is 2.11. The van der Waals surface area contributed by atoms with Crippen LogP contribution in [-0.4, -0.2) is 34.7 Å². The summed E-state index contributed by atoms with van der Waals surface area (Å²) in [4.78, 5) is 0.186. The molecule has 0 amide bonds. The Bertz CT molecular complexity index is 822. The highest BCUT2D eigenvalue weighted by molar-refractivity contribution is 7.89. The minimum atomic E-state index is -3.69. The monoisotopic (exact) mass is 378 g/mol. The molecule has 2 aromatic rings. The van der Waals surface area contributed by atoms with Crippen molar-refractivity contribution < 1.29 is 17.9 Å². The molecule has 0 aliphatic rings. The van der Waals surface area contributed by atoms with Gasteiger partial charge in [-0.15, -0.1) is 0 Å². The number of primary sulfonamides is 1. The molecule has 0 heterocycles. The largest absolute Gasteiger partial charge is 0.490 e. The van der Waals surface area contributed by atoms with Crippen LogP contribution >= 0.6 is 0 Å². The molecule has 0 saturated heterocycles. The Morgan fingerprint density at radius 1 is 1.04 bits per heavy atom. The number of rotatable bonds is 10. The van der Waals surface area contributed by atoms with Crippen molar-refractivity contribution in [3.63, 3.8) is 0 Å². The van der Waals surface area contributed by atoms with E-state index in [0.29, 0.717) is 38.3 Å². The molecule has 7 heteroatoms. The molecule has 0 spiro atoms. The summed E-state index contributed by atoms with van der Waals surface area (Å²) in [5.74, 6) is 1.47. The molecule has 0 saturated carbocycles. The topological polar surface area (TPSA) is 90.7 Å². The Labute approximate surface area is 155 Å². The molecule has 2 rings (SSSR count). The number of nitrogens with one attached hydrogen (secondary N) is 1. The molecule has 0 radical (unpaired) electrons. The van der Waals surface area contributed by atoms with Crippen molar-refractivity contribution in [3.8, 4) is 11.5 Å². The predicted octanol–water partition coefficient (Wildman–Crippen LogP) is 2.25. The summed E-state index contributed by atoms with van der Waals surface area (Å²) in [6.45, 7) is 6.16. The number of aryl methyl sites for hydroxylation is 1. The summed E-state index contributed by atoms with van der Waals surface area (Å²) < 4.78 is 34.4. The summed E-state index contributed by atoms with van der Waals surface area (Å²) in [6, 6.07) is 12.9. The van der Waals surface area contributed by atoms with Crippen LogP contribution in [0.4, 0.5) is 0 Å². The van der Waals surface area contributed by atoms with Crippen LogP contribution in [0, 0.1) is 6.92 Å². The van der Waals surface area contributed by atoms with Crippen molar-refractivity contribution in [1.82, 2.24) is 5.32 Å². The van der Waals surface area contributed by atoms with Gasteiger partial charge >= 0.3 is 0 Å². The maximum atomic E-state index is 11.6. The number of sulfonamides is 1. The van der Waals surface area contributed by atoms with E-state index >= 15 is 0 Å². The first-order chi connectivity index (χ1) is 12.4. The number of hydrogen-bond donors (Lipinski definition) is 2. The van der Waals surface area contributed by atoms with Gasteiger partial charge in [0.25, 0.3) is 0 Å². The molecule has 0 bridgehead atoms. The van der Waals surface area contributed by atoms with Crippen LogP contribution in [-0.2, 0) is 16.4 Å². The first kappa shape index (κ1) is 20.2. The lowest BCUT2D eigenvalue weighted by atomic mass is 10.1. The summed E-state index contributed by atoms with van der Waals surface area (Å²) in [5.41, 5.74) is 1.58. The molecular formula is C19H26N2O4S. The van der Waals surface area contributed by atoms with Gasteiger partial charge < -0.3 is 14.8 Å². The number of ether oxygens (including phenoxy) is 2. The predicted molar refractivity (Wildman–Crippen MR) is 102 cm³/mol. The fourth-order valence-electron chi connectivity index (χ4n) is 2.54. The van der Waals surface area contributed by atoms with Crippen LogP contribution in [0.25, 0.3) is 0 Å². The highest BCUT2D eigenvalue weighted by atomic mass is 32.2. The number of benzene rings is 2. The van der Waals surface area contributed by atoms with Gasteiger partial charge in [-0.05, 0) is 56.1 Å². The Hall–Kier alpha value is -2.09. The van der Waals surface area contributed by atoms with Crippen LogP contribution in [0.5, 0.6) is 11.5 Å². The number of nitrogens with two attached hydrogens (primary N) is 1. The Morgan fingerprint density at radius 2 is 1.73 bits per heavy atom. The SMILES string of the molecule is CCOc1ccccc1OCCNCCc1ccc(C)c(S(N)(=O)=O)c1. The average Bonchev–Trinajstić information content (AvgIpc) is 2.60. The summed E-state index contributed by atoms with van der Waals surface area (Å²) >= 11 is 0. The van der Waals surface area contributed by atoms with Crippen LogP contribution in [0.2, 0.25) is 0 Å². The number of hydrogen-bond acceptors (Lipinski definition) is 5. The van der Waals surface area contributed by atoms with Gasteiger partial charge in [-0.1, -0.05) is 24.3 Å². The van der Waals surface area contributed by atoms with Crippen molar-refractivity contribution >= 4 is 10.0 Å². The van der Waals surface area contributed by atoms with Crippen LogP contribution in [0.15, 0.2) is 47.4 Å². The second kappa shape index (κ2) is 9.56. The van der Waals surface area contributed by atoms with E-state index in [9.17, 15) is 8.42 Å². The molecule has 0 aliphatic heterocycles. The van der Waals surface area contributed by atoms with Gasteiger partial charge in [0.2, 0.25) is 10.0 Å². The van der Waals surface area contributed by atoms with E-state index in [-0.39, 0.29) is 4.90 Å². The normalized spacial score (nSPS) is 11.3. The van der Waals surface area contributed by atoms with Gasteiger partial charge in [-0.25, -0.2) is 13.6 Å². The Balaban J connectivity index is 1.76. The molecule has 0 aliphatic carbocycles. The van der Waals surface area contributed by atoms with E-state index < -0.39 is 10.0 Å². The fraction of sp³-hybridized carbons (Fsp3) is 0.368. The van der Waals surface area contributed by atoms with Gasteiger partial charge in [0.1, 0.15) is 6.61 Å². The third-order valence-corrected chi connectivity index (χ3v) is 4.89. The Kier molecular flexibility index (Phi) is 7.44. The third kappa shape index (κ3) is 6.01. The molecule has 142 valence electrons. The van der Waals surface area contributed by atoms with Crippen LogP contribution in [0.1, 0.15) is 18.1 Å². The molecule has 26 heavy (non-hydrogen) atoms. The molecule has 3 N–H and O–H groups in total. The molecular weight excluding hydrogens is 352 g/mol. The maximum Gasteiger partial charge on any atom is 0.238 e. The van der Waals surface area contributed by atoms with Crippen molar-refractivity contribution in [2.24, 2.45) is 5.14 Å². The average molecular weight is 378 g/mol. The van der Waals surface area contributed by atoms with Crippen molar-refractivity contribution in [2.45, 2.75) is 25.2 Å². The molecule has 6 nitrogen and oxygen atoms in total. The third-order valence-electron chi connectivity index (χ3n) is 3.83. The smallest absolute Gasteiger partial charge is 0.238 e.